The second-order valence-corrected chi connectivity index (χ2v) is 7.03. The Hall–Kier alpha value is -2.09. The molecule has 2 heterocycles. The average molecular weight is 411 g/mol. The molecule has 1 atom stereocenters. The van der Waals surface area contributed by atoms with Gasteiger partial charge in [-0.15, -0.1) is 0 Å². The van der Waals surface area contributed by atoms with Crippen molar-refractivity contribution in [2.45, 2.75) is 19.9 Å². The van der Waals surface area contributed by atoms with Crippen LogP contribution in [0.3, 0.4) is 0 Å². The first-order valence-electron chi connectivity index (χ1n) is 7.73. The van der Waals surface area contributed by atoms with Crippen molar-refractivity contribution in [3.8, 4) is 0 Å². The van der Waals surface area contributed by atoms with Crippen LogP contribution in [0.4, 0.5) is 5.82 Å². The zero-order valence-electron chi connectivity index (χ0n) is 14.3. The number of anilines is 1. The van der Waals surface area contributed by atoms with Crippen LogP contribution in [0.2, 0.25) is 10.0 Å². The van der Waals surface area contributed by atoms with Gasteiger partial charge in [0.15, 0.2) is 10.9 Å². The molecule has 1 aliphatic rings. The molecule has 2 aromatic rings. The Kier molecular flexibility index (Phi) is 5.22. The number of aromatic nitrogens is 1. The van der Waals surface area contributed by atoms with Crippen molar-refractivity contribution in [3.05, 3.63) is 56.9 Å². The molecular weight excluding hydrogens is 395 g/mol. The smallest absolute Gasteiger partial charge is 0.257 e. The van der Waals surface area contributed by atoms with Crippen LogP contribution < -0.4 is 10.6 Å². The van der Waals surface area contributed by atoms with E-state index in [1.807, 2.05) is 6.92 Å². The molecule has 6 nitrogen and oxygen atoms in total. The average Bonchev–Trinajstić information content (AvgIpc) is 2.99. The summed E-state index contributed by atoms with van der Waals surface area (Å²) in [4.78, 5) is 14.7. The summed E-state index contributed by atoms with van der Waals surface area (Å²) < 4.78 is 5.00. The minimum Gasteiger partial charge on any atom is -0.360 e. The van der Waals surface area contributed by atoms with Crippen LogP contribution in [-0.2, 0) is 4.79 Å². The molecule has 0 unspecified atom stereocenters. The monoisotopic (exact) mass is 410 g/mol. The van der Waals surface area contributed by atoms with E-state index >= 15 is 0 Å². The summed E-state index contributed by atoms with van der Waals surface area (Å²) >= 11 is 17.9. The van der Waals surface area contributed by atoms with Crippen LogP contribution >= 0.6 is 35.4 Å². The number of allylic oxidation sites excluding steroid dienone is 1. The van der Waals surface area contributed by atoms with Crippen LogP contribution in [0.5, 0.6) is 0 Å². The highest BCUT2D eigenvalue weighted by atomic mass is 35.5. The number of hydrogen-bond donors (Lipinski definition) is 2. The first-order chi connectivity index (χ1) is 12.3. The Morgan fingerprint density at radius 3 is 2.77 bits per heavy atom. The zero-order valence-corrected chi connectivity index (χ0v) is 16.6. The second kappa shape index (κ2) is 7.26. The van der Waals surface area contributed by atoms with Gasteiger partial charge in [-0.1, -0.05) is 40.5 Å². The maximum Gasteiger partial charge on any atom is 0.257 e. The van der Waals surface area contributed by atoms with Crippen molar-refractivity contribution in [1.29, 1.82) is 0 Å². The SMILES string of the molecule is CC1=C(C(=O)Nc2cc(C)on2)[C@@H](c2cccc(Cl)c2Cl)NC(=S)N1C. The van der Waals surface area contributed by atoms with Gasteiger partial charge < -0.3 is 20.1 Å². The van der Waals surface area contributed by atoms with Gasteiger partial charge in [-0.25, -0.2) is 0 Å². The molecule has 0 saturated heterocycles. The van der Waals surface area contributed by atoms with Crippen LogP contribution in [0.15, 0.2) is 40.1 Å². The highest BCUT2D eigenvalue weighted by Crippen LogP contribution is 2.37. The number of benzene rings is 1. The van der Waals surface area contributed by atoms with E-state index in [4.69, 9.17) is 39.9 Å². The van der Waals surface area contributed by atoms with Gasteiger partial charge in [0.1, 0.15) is 5.76 Å². The number of carbonyl (C=O) groups is 1. The topological polar surface area (TPSA) is 70.4 Å². The number of carbonyl (C=O) groups excluding carboxylic acids is 1. The normalized spacial score (nSPS) is 17.3. The Balaban J connectivity index is 2.05. The molecule has 1 aliphatic heterocycles. The lowest BCUT2D eigenvalue weighted by Gasteiger charge is -2.36. The number of amides is 1. The molecule has 1 aromatic heterocycles. The number of thiocarbonyl (C=S) groups is 1. The van der Waals surface area contributed by atoms with Crippen molar-refractivity contribution in [3.63, 3.8) is 0 Å². The molecule has 1 aromatic carbocycles. The summed E-state index contributed by atoms with van der Waals surface area (Å²) in [5, 5.41) is 11.0. The Bertz CT molecular complexity index is 925. The fourth-order valence-corrected chi connectivity index (χ4v) is 3.39. The van der Waals surface area contributed by atoms with E-state index in [1.54, 1.807) is 43.1 Å². The van der Waals surface area contributed by atoms with Crippen molar-refractivity contribution < 1.29 is 9.32 Å². The largest absolute Gasteiger partial charge is 0.360 e. The van der Waals surface area contributed by atoms with E-state index in [0.29, 0.717) is 43.6 Å². The summed E-state index contributed by atoms with van der Waals surface area (Å²) in [5.41, 5.74) is 1.83. The molecule has 0 saturated carbocycles. The molecule has 0 fully saturated rings. The first kappa shape index (κ1) is 18.7. The highest BCUT2D eigenvalue weighted by Gasteiger charge is 2.34. The van der Waals surface area contributed by atoms with E-state index in [9.17, 15) is 4.79 Å². The van der Waals surface area contributed by atoms with Crippen LogP contribution in [0.1, 0.15) is 24.3 Å². The lowest BCUT2D eigenvalue weighted by molar-refractivity contribution is -0.113. The van der Waals surface area contributed by atoms with Crippen molar-refractivity contribution in [1.82, 2.24) is 15.4 Å². The maximum atomic E-state index is 13.0. The molecule has 0 radical (unpaired) electrons. The molecule has 136 valence electrons. The number of aryl methyl sites for hydroxylation is 1. The van der Waals surface area contributed by atoms with E-state index in [1.165, 1.54) is 0 Å². The molecule has 26 heavy (non-hydrogen) atoms. The van der Waals surface area contributed by atoms with Crippen LogP contribution in [0, 0.1) is 6.92 Å². The first-order valence-corrected chi connectivity index (χ1v) is 8.89. The number of nitrogens with one attached hydrogen (secondary N) is 2. The molecule has 0 spiro atoms. The molecule has 1 amide bonds. The second-order valence-electron chi connectivity index (χ2n) is 5.86. The van der Waals surface area contributed by atoms with Crippen molar-refractivity contribution in [2.75, 3.05) is 12.4 Å². The Morgan fingerprint density at radius 2 is 2.12 bits per heavy atom. The molecule has 9 heteroatoms. The number of hydrogen-bond acceptors (Lipinski definition) is 4. The van der Waals surface area contributed by atoms with Gasteiger partial charge in [-0.05, 0) is 37.7 Å². The third-order valence-corrected chi connectivity index (χ3v) is 5.39. The van der Waals surface area contributed by atoms with E-state index in [2.05, 4.69) is 15.8 Å². The minimum atomic E-state index is -0.544. The Labute approximate surface area is 166 Å². The van der Waals surface area contributed by atoms with Gasteiger partial charge in [0, 0.05) is 18.8 Å². The van der Waals surface area contributed by atoms with Crippen molar-refractivity contribution in [2.24, 2.45) is 0 Å². The highest BCUT2D eigenvalue weighted by molar-refractivity contribution is 7.80. The number of rotatable bonds is 3. The van der Waals surface area contributed by atoms with Crippen LogP contribution in [-0.4, -0.2) is 28.1 Å². The molecule has 0 bridgehead atoms. The van der Waals surface area contributed by atoms with Gasteiger partial charge in [-0.3, -0.25) is 4.79 Å². The minimum absolute atomic E-state index is 0.333. The van der Waals surface area contributed by atoms with E-state index in [0.717, 1.165) is 0 Å². The fourth-order valence-electron chi connectivity index (χ4n) is 2.72. The summed E-state index contributed by atoms with van der Waals surface area (Å²) in [6.45, 7) is 3.57. The molecule has 3 rings (SSSR count). The van der Waals surface area contributed by atoms with Gasteiger partial charge in [-0.2, -0.15) is 0 Å². The van der Waals surface area contributed by atoms with Gasteiger partial charge in [0.25, 0.3) is 5.91 Å². The fraction of sp³-hybridized carbons (Fsp3) is 0.235. The summed E-state index contributed by atoms with van der Waals surface area (Å²) in [7, 11) is 1.79. The van der Waals surface area contributed by atoms with Crippen LogP contribution in [0.25, 0.3) is 0 Å². The lowest BCUT2D eigenvalue weighted by atomic mass is 9.94. The third-order valence-electron chi connectivity index (χ3n) is 4.16. The quantitative estimate of drug-likeness (QED) is 0.743. The van der Waals surface area contributed by atoms with E-state index < -0.39 is 6.04 Å². The lowest BCUT2D eigenvalue weighted by Crippen LogP contribution is -2.46. The Morgan fingerprint density at radius 1 is 1.38 bits per heavy atom. The molecule has 2 N–H and O–H groups in total. The molecular formula is C17H16Cl2N4O2S. The zero-order chi connectivity index (χ0) is 19.0. The third kappa shape index (κ3) is 3.42. The number of nitrogens with zero attached hydrogens (tertiary/aromatic N) is 2. The van der Waals surface area contributed by atoms with E-state index in [-0.39, 0.29) is 5.91 Å². The van der Waals surface area contributed by atoms with Crippen molar-refractivity contribution >= 4 is 52.3 Å². The predicted molar refractivity (Wildman–Crippen MR) is 105 cm³/mol. The summed E-state index contributed by atoms with van der Waals surface area (Å²) in [6.07, 6.45) is 0. The summed E-state index contributed by atoms with van der Waals surface area (Å²) in [6, 6.07) is 6.37. The van der Waals surface area contributed by atoms with Gasteiger partial charge in [0.2, 0.25) is 0 Å². The van der Waals surface area contributed by atoms with Gasteiger partial charge in [0.05, 0.1) is 21.7 Å². The summed E-state index contributed by atoms with van der Waals surface area (Å²) in [5.74, 6) is 0.596. The molecule has 0 aliphatic carbocycles. The standard InChI is InChI=1S/C17H16Cl2N4O2S/c1-8-7-12(22-25-8)20-16(24)13-9(2)23(3)17(26)21-15(13)10-5-4-6-11(18)14(10)19/h4-7,15H,1-3H3,(H,21,26)(H,20,22,24)/t15-/m1/s1. The predicted octanol–water partition coefficient (Wildman–Crippen LogP) is 4.06. The number of halogens is 2. The van der Waals surface area contributed by atoms with Gasteiger partial charge >= 0.3 is 0 Å². The maximum absolute atomic E-state index is 13.0.